The van der Waals surface area contributed by atoms with Gasteiger partial charge in [-0.3, -0.25) is 0 Å². The number of benzene rings is 1. The van der Waals surface area contributed by atoms with Crippen molar-refractivity contribution in [3.05, 3.63) is 47.7 Å². The summed E-state index contributed by atoms with van der Waals surface area (Å²) in [5, 5.41) is 5.43. The van der Waals surface area contributed by atoms with E-state index >= 15 is 0 Å². The van der Waals surface area contributed by atoms with E-state index in [0.717, 1.165) is 5.82 Å². The van der Waals surface area contributed by atoms with Gasteiger partial charge in [0.1, 0.15) is 6.10 Å². The Morgan fingerprint density at radius 1 is 1.29 bits per heavy atom. The summed E-state index contributed by atoms with van der Waals surface area (Å²) in [5.41, 5.74) is 2.44. The number of hydrogen-bond donors (Lipinski definition) is 0. The first kappa shape index (κ1) is 15.4. The predicted molar refractivity (Wildman–Crippen MR) is 91.7 cm³/mol. The highest BCUT2D eigenvalue weighted by molar-refractivity contribution is 5.83. The van der Waals surface area contributed by atoms with Gasteiger partial charge in [0.25, 0.3) is 5.89 Å². The number of rotatable bonds is 5. The Morgan fingerprint density at radius 2 is 2.12 bits per heavy atom. The van der Waals surface area contributed by atoms with E-state index in [2.05, 4.69) is 52.2 Å². The van der Waals surface area contributed by atoms with Crippen LogP contribution in [0.5, 0.6) is 0 Å². The molecule has 1 atom stereocenters. The fraction of sp³-hybridized carbons (Fsp3) is 0.474. The van der Waals surface area contributed by atoms with Crippen LogP contribution >= 0.6 is 0 Å². The lowest BCUT2D eigenvalue weighted by molar-refractivity contribution is 0.0278. The zero-order valence-electron chi connectivity index (χ0n) is 14.2. The zero-order chi connectivity index (χ0) is 16.5. The average Bonchev–Trinajstić information content (AvgIpc) is 3.32. The van der Waals surface area contributed by atoms with Crippen LogP contribution in [0.25, 0.3) is 10.9 Å². The minimum Gasteiger partial charge on any atom is -0.371 e. The fourth-order valence-electron chi connectivity index (χ4n) is 3.97. The molecule has 0 spiro atoms. The third-order valence-electron chi connectivity index (χ3n) is 5.14. The van der Waals surface area contributed by atoms with Gasteiger partial charge in [0, 0.05) is 26.8 Å². The second kappa shape index (κ2) is 6.40. The van der Waals surface area contributed by atoms with Crippen LogP contribution in [0.3, 0.4) is 0 Å². The summed E-state index contributed by atoms with van der Waals surface area (Å²) < 4.78 is 13.3. The highest BCUT2D eigenvalue weighted by atomic mass is 16.5. The van der Waals surface area contributed by atoms with Crippen LogP contribution in [0.2, 0.25) is 0 Å². The number of methoxy groups -OCH3 is 1. The van der Waals surface area contributed by atoms with E-state index in [-0.39, 0.29) is 6.10 Å². The second-order valence-electron chi connectivity index (χ2n) is 6.71. The molecular weight excluding hydrogens is 302 g/mol. The molecule has 0 amide bonds. The van der Waals surface area contributed by atoms with Crippen LogP contribution in [-0.2, 0) is 18.2 Å². The van der Waals surface area contributed by atoms with Gasteiger partial charge in [0.15, 0.2) is 5.82 Å². The van der Waals surface area contributed by atoms with Crippen LogP contribution in [-0.4, -0.2) is 21.8 Å². The standard InChI is InChI=1S/C19H23N3O2/c1-22-11-10-13-8-5-9-15(17(13)22)12-16-20-19(24-21-16)18(23-2)14-6-3-4-7-14/h5,8-11,14,18H,3-4,6-7,12H2,1-2H3. The van der Waals surface area contributed by atoms with E-state index in [0.29, 0.717) is 18.2 Å². The first-order valence-corrected chi connectivity index (χ1v) is 8.64. The molecule has 5 heteroatoms. The lowest BCUT2D eigenvalue weighted by atomic mass is 10.0. The molecule has 0 bridgehead atoms. The first-order valence-electron chi connectivity index (χ1n) is 8.64. The summed E-state index contributed by atoms with van der Waals surface area (Å²) in [7, 11) is 3.80. The molecule has 1 unspecified atom stereocenters. The molecule has 24 heavy (non-hydrogen) atoms. The number of nitrogens with zero attached hydrogens (tertiary/aromatic N) is 3. The van der Waals surface area contributed by atoms with Crippen LogP contribution in [0.4, 0.5) is 0 Å². The number of aromatic nitrogens is 3. The highest BCUT2D eigenvalue weighted by Crippen LogP contribution is 2.37. The summed E-state index contributed by atoms with van der Waals surface area (Å²) in [6.07, 6.45) is 7.57. The summed E-state index contributed by atoms with van der Waals surface area (Å²) in [6.45, 7) is 0. The number of ether oxygens (including phenoxy) is 1. The van der Waals surface area contributed by atoms with Crippen molar-refractivity contribution >= 4 is 10.9 Å². The zero-order valence-corrected chi connectivity index (χ0v) is 14.2. The van der Waals surface area contributed by atoms with E-state index in [1.54, 1.807) is 7.11 Å². The Morgan fingerprint density at radius 3 is 2.92 bits per heavy atom. The normalized spacial score (nSPS) is 16.9. The lowest BCUT2D eigenvalue weighted by Gasteiger charge is -2.17. The van der Waals surface area contributed by atoms with Crippen molar-refractivity contribution in [2.75, 3.05) is 7.11 Å². The summed E-state index contributed by atoms with van der Waals surface area (Å²) in [6, 6.07) is 8.46. The van der Waals surface area contributed by atoms with Gasteiger partial charge in [0.2, 0.25) is 0 Å². The number of hydrogen-bond acceptors (Lipinski definition) is 4. The largest absolute Gasteiger partial charge is 0.371 e. The molecule has 1 fully saturated rings. The summed E-state index contributed by atoms with van der Waals surface area (Å²) >= 11 is 0. The third-order valence-corrected chi connectivity index (χ3v) is 5.14. The molecule has 1 aliphatic rings. The van der Waals surface area contributed by atoms with Crippen molar-refractivity contribution < 1.29 is 9.26 Å². The molecule has 2 aromatic heterocycles. The van der Waals surface area contributed by atoms with Crippen molar-refractivity contribution in [3.63, 3.8) is 0 Å². The molecule has 3 aromatic rings. The number of fused-ring (bicyclic) bond motifs is 1. The van der Waals surface area contributed by atoms with Gasteiger partial charge >= 0.3 is 0 Å². The Labute approximate surface area is 141 Å². The fourth-order valence-corrected chi connectivity index (χ4v) is 3.97. The van der Waals surface area contributed by atoms with E-state index in [9.17, 15) is 0 Å². The van der Waals surface area contributed by atoms with E-state index < -0.39 is 0 Å². The van der Waals surface area contributed by atoms with Gasteiger partial charge in [-0.05, 0) is 35.8 Å². The topological polar surface area (TPSA) is 53.1 Å². The van der Waals surface area contributed by atoms with Gasteiger partial charge in [-0.25, -0.2) is 0 Å². The minimum atomic E-state index is -0.0698. The van der Waals surface area contributed by atoms with Crippen molar-refractivity contribution in [2.45, 2.75) is 38.2 Å². The maximum atomic E-state index is 5.66. The Balaban J connectivity index is 1.59. The molecule has 0 radical (unpaired) electrons. The third kappa shape index (κ3) is 2.73. The smallest absolute Gasteiger partial charge is 0.256 e. The summed E-state index contributed by atoms with van der Waals surface area (Å²) in [5.74, 6) is 1.84. The second-order valence-corrected chi connectivity index (χ2v) is 6.71. The lowest BCUT2D eigenvalue weighted by Crippen LogP contribution is -2.12. The Bertz CT molecular complexity index is 830. The average molecular weight is 325 g/mol. The van der Waals surface area contributed by atoms with Crippen LogP contribution in [0.1, 0.15) is 49.1 Å². The maximum Gasteiger partial charge on any atom is 0.256 e. The molecule has 1 aliphatic carbocycles. The predicted octanol–water partition coefficient (Wildman–Crippen LogP) is 4.03. The molecule has 4 rings (SSSR count). The van der Waals surface area contributed by atoms with Crippen LogP contribution < -0.4 is 0 Å². The molecule has 0 aliphatic heterocycles. The van der Waals surface area contributed by atoms with Crippen molar-refractivity contribution in [1.29, 1.82) is 0 Å². The molecule has 0 saturated heterocycles. The monoisotopic (exact) mass is 325 g/mol. The number of para-hydroxylation sites is 1. The van der Waals surface area contributed by atoms with E-state index in [4.69, 9.17) is 9.26 Å². The van der Waals surface area contributed by atoms with Gasteiger partial charge in [-0.2, -0.15) is 4.98 Å². The van der Waals surface area contributed by atoms with Crippen LogP contribution in [0.15, 0.2) is 35.0 Å². The van der Waals surface area contributed by atoms with Crippen molar-refractivity contribution in [3.8, 4) is 0 Å². The maximum absolute atomic E-state index is 5.66. The van der Waals surface area contributed by atoms with Gasteiger partial charge in [-0.1, -0.05) is 36.2 Å². The molecule has 1 aromatic carbocycles. The first-order chi connectivity index (χ1) is 11.8. The quantitative estimate of drug-likeness (QED) is 0.710. The molecule has 1 saturated carbocycles. The molecule has 5 nitrogen and oxygen atoms in total. The Kier molecular flexibility index (Phi) is 4.10. The number of aryl methyl sites for hydroxylation is 1. The van der Waals surface area contributed by atoms with Gasteiger partial charge < -0.3 is 13.8 Å². The van der Waals surface area contributed by atoms with Crippen molar-refractivity contribution in [2.24, 2.45) is 13.0 Å². The molecular formula is C19H23N3O2. The molecule has 2 heterocycles. The van der Waals surface area contributed by atoms with E-state index in [1.165, 1.54) is 42.1 Å². The van der Waals surface area contributed by atoms with Crippen LogP contribution in [0, 0.1) is 5.92 Å². The van der Waals surface area contributed by atoms with Crippen molar-refractivity contribution in [1.82, 2.24) is 14.7 Å². The molecule has 126 valence electrons. The molecule has 0 N–H and O–H groups in total. The minimum absolute atomic E-state index is 0.0698. The van der Waals surface area contributed by atoms with Gasteiger partial charge in [0.05, 0.1) is 5.52 Å². The SMILES string of the molecule is COC(c1nc(Cc2cccc3ccn(C)c23)no1)C1CCCC1. The van der Waals surface area contributed by atoms with Gasteiger partial charge in [-0.15, -0.1) is 0 Å². The highest BCUT2D eigenvalue weighted by Gasteiger charge is 2.30. The Hall–Kier alpha value is -2.14. The summed E-state index contributed by atoms with van der Waals surface area (Å²) in [4.78, 5) is 4.63. The van der Waals surface area contributed by atoms with E-state index in [1.807, 2.05) is 0 Å².